The molecule has 0 fully saturated rings. The summed E-state index contributed by atoms with van der Waals surface area (Å²) in [6.07, 6.45) is 2.16. The molecule has 17 heavy (non-hydrogen) atoms. The third kappa shape index (κ3) is 8.16. The summed E-state index contributed by atoms with van der Waals surface area (Å²) in [5.41, 5.74) is 5.65. The molecular formula is C13H28N2O2. The van der Waals surface area contributed by atoms with Gasteiger partial charge in [0.05, 0.1) is 12.1 Å². The molecule has 0 aliphatic rings. The molecule has 0 saturated heterocycles. The highest BCUT2D eigenvalue weighted by Crippen LogP contribution is 2.16. The predicted octanol–water partition coefficient (Wildman–Crippen LogP) is 1.68. The molecule has 0 aliphatic heterocycles. The lowest BCUT2D eigenvalue weighted by Gasteiger charge is -2.25. The molecule has 0 aliphatic carbocycles. The van der Waals surface area contributed by atoms with Gasteiger partial charge in [-0.15, -0.1) is 0 Å². The van der Waals surface area contributed by atoms with E-state index in [4.69, 9.17) is 10.5 Å². The van der Waals surface area contributed by atoms with Gasteiger partial charge in [0.15, 0.2) is 0 Å². The fourth-order valence-corrected chi connectivity index (χ4v) is 1.26. The van der Waals surface area contributed by atoms with Crippen LogP contribution < -0.4 is 11.1 Å². The standard InChI is InChI=1S/C13H28N2O2/c1-10(2)17-9-7-6-8-15-12(16)11(14)13(3,4)5/h10-11H,6-9,14H2,1-5H3,(H,15,16)/t11-/m0/s1. The maximum absolute atomic E-state index is 11.7. The Labute approximate surface area is 105 Å². The minimum absolute atomic E-state index is 0.0673. The van der Waals surface area contributed by atoms with E-state index in [1.807, 2.05) is 34.6 Å². The molecule has 1 amide bonds. The number of hydrogen-bond acceptors (Lipinski definition) is 3. The van der Waals surface area contributed by atoms with Crippen molar-refractivity contribution in [3.63, 3.8) is 0 Å². The summed E-state index contributed by atoms with van der Waals surface area (Å²) in [7, 11) is 0. The summed E-state index contributed by atoms with van der Waals surface area (Å²) < 4.78 is 5.41. The molecular weight excluding hydrogens is 216 g/mol. The number of rotatable bonds is 7. The second kappa shape index (κ2) is 7.67. The molecule has 4 nitrogen and oxygen atoms in total. The van der Waals surface area contributed by atoms with Crippen LogP contribution in [0.3, 0.4) is 0 Å². The van der Waals surface area contributed by atoms with E-state index in [2.05, 4.69) is 5.32 Å². The molecule has 0 radical (unpaired) electrons. The highest BCUT2D eigenvalue weighted by atomic mass is 16.5. The predicted molar refractivity (Wildman–Crippen MR) is 70.8 cm³/mol. The first kappa shape index (κ1) is 16.4. The molecule has 0 saturated carbocycles. The van der Waals surface area contributed by atoms with Crippen LogP contribution in [0.1, 0.15) is 47.5 Å². The van der Waals surface area contributed by atoms with Gasteiger partial charge in [0.25, 0.3) is 0 Å². The lowest BCUT2D eigenvalue weighted by Crippen LogP contribution is -2.48. The van der Waals surface area contributed by atoms with Crippen LogP contribution in [0.4, 0.5) is 0 Å². The van der Waals surface area contributed by atoms with E-state index in [-0.39, 0.29) is 17.4 Å². The van der Waals surface area contributed by atoms with Crippen molar-refractivity contribution < 1.29 is 9.53 Å². The molecule has 0 bridgehead atoms. The zero-order valence-electron chi connectivity index (χ0n) is 11.9. The first-order valence-corrected chi connectivity index (χ1v) is 6.40. The van der Waals surface area contributed by atoms with E-state index in [9.17, 15) is 4.79 Å². The van der Waals surface area contributed by atoms with Gasteiger partial charge < -0.3 is 15.8 Å². The van der Waals surface area contributed by atoms with Crippen molar-refractivity contribution in [2.75, 3.05) is 13.2 Å². The van der Waals surface area contributed by atoms with Crippen LogP contribution in [0.25, 0.3) is 0 Å². The second-order valence-corrected chi connectivity index (χ2v) is 5.76. The number of amides is 1. The molecule has 0 aromatic rings. The SMILES string of the molecule is CC(C)OCCCCNC(=O)[C@H](N)C(C)(C)C. The van der Waals surface area contributed by atoms with Gasteiger partial charge in [-0.3, -0.25) is 4.79 Å². The number of nitrogens with one attached hydrogen (secondary N) is 1. The molecule has 0 unspecified atom stereocenters. The van der Waals surface area contributed by atoms with E-state index in [0.29, 0.717) is 6.54 Å². The van der Waals surface area contributed by atoms with Crippen LogP contribution in [0.15, 0.2) is 0 Å². The van der Waals surface area contributed by atoms with Crippen LogP contribution >= 0.6 is 0 Å². The largest absolute Gasteiger partial charge is 0.379 e. The summed E-state index contributed by atoms with van der Waals surface area (Å²) in [6, 6.07) is -0.450. The van der Waals surface area contributed by atoms with Gasteiger partial charge in [0.2, 0.25) is 5.91 Å². The molecule has 0 heterocycles. The van der Waals surface area contributed by atoms with Crippen molar-refractivity contribution >= 4 is 5.91 Å². The third-order valence-corrected chi connectivity index (χ3v) is 2.54. The Morgan fingerprint density at radius 1 is 1.29 bits per heavy atom. The van der Waals surface area contributed by atoms with Crippen molar-refractivity contribution in [3.05, 3.63) is 0 Å². The van der Waals surface area contributed by atoms with E-state index in [1.165, 1.54) is 0 Å². The molecule has 3 N–H and O–H groups in total. The zero-order valence-corrected chi connectivity index (χ0v) is 11.9. The van der Waals surface area contributed by atoms with E-state index >= 15 is 0 Å². The molecule has 1 atom stereocenters. The van der Waals surface area contributed by atoms with Crippen molar-refractivity contribution in [1.29, 1.82) is 0 Å². The van der Waals surface area contributed by atoms with Crippen LogP contribution in [0.5, 0.6) is 0 Å². The van der Waals surface area contributed by atoms with Crippen LogP contribution in [0, 0.1) is 5.41 Å². The quantitative estimate of drug-likeness (QED) is 0.670. The van der Waals surface area contributed by atoms with Gasteiger partial charge in [-0.05, 0) is 32.1 Å². The fraction of sp³-hybridized carbons (Fsp3) is 0.923. The summed E-state index contributed by atoms with van der Waals surface area (Å²) in [6.45, 7) is 11.4. The van der Waals surface area contributed by atoms with Gasteiger partial charge in [0.1, 0.15) is 0 Å². The topological polar surface area (TPSA) is 64.3 Å². The molecule has 4 heteroatoms. The maximum Gasteiger partial charge on any atom is 0.237 e. The fourth-order valence-electron chi connectivity index (χ4n) is 1.26. The van der Waals surface area contributed by atoms with Gasteiger partial charge in [-0.25, -0.2) is 0 Å². The average molecular weight is 244 g/mol. The van der Waals surface area contributed by atoms with Gasteiger partial charge >= 0.3 is 0 Å². The number of carbonyl (C=O) groups excluding carboxylic acids is 1. The van der Waals surface area contributed by atoms with Crippen LogP contribution in [0.2, 0.25) is 0 Å². The lowest BCUT2D eigenvalue weighted by atomic mass is 9.87. The van der Waals surface area contributed by atoms with Gasteiger partial charge in [-0.1, -0.05) is 20.8 Å². The molecule has 0 rings (SSSR count). The second-order valence-electron chi connectivity index (χ2n) is 5.76. The number of hydrogen-bond donors (Lipinski definition) is 2. The van der Waals surface area contributed by atoms with Crippen molar-refractivity contribution in [2.24, 2.45) is 11.1 Å². The van der Waals surface area contributed by atoms with Crippen molar-refractivity contribution in [3.8, 4) is 0 Å². The number of unbranched alkanes of at least 4 members (excludes halogenated alkanes) is 1. The minimum Gasteiger partial charge on any atom is -0.379 e. The Balaban J connectivity index is 3.59. The molecule has 0 aromatic carbocycles. The lowest BCUT2D eigenvalue weighted by molar-refractivity contribution is -0.124. The Bertz CT molecular complexity index is 222. The van der Waals surface area contributed by atoms with E-state index < -0.39 is 6.04 Å². The summed E-state index contributed by atoms with van der Waals surface area (Å²) >= 11 is 0. The van der Waals surface area contributed by atoms with Gasteiger partial charge in [-0.2, -0.15) is 0 Å². The normalized spacial score (nSPS) is 13.8. The average Bonchev–Trinajstić information content (AvgIpc) is 2.19. The monoisotopic (exact) mass is 244 g/mol. The van der Waals surface area contributed by atoms with Crippen LogP contribution in [-0.4, -0.2) is 31.2 Å². The zero-order chi connectivity index (χ0) is 13.5. The maximum atomic E-state index is 11.7. The van der Waals surface area contributed by atoms with Crippen LogP contribution in [-0.2, 0) is 9.53 Å². The smallest absolute Gasteiger partial charge is 0.237 e. The summed E-state index contributed by atoms with van der Waals surface area (Å²) in [4.78, 5) is 11.7. The first-order chi connectivity index (χ1) is 7.75. The first-order valence-electron chi connectivity index (χ1n) is 6.40. The Morgan fingerprint density at radius 2 is 1.88 bits per heavy atom. The highest BCUT2D eigenvalue weighted by Gasteiger charge is 2.26. The van der Waals surface area contributed by atoms with Gasteiger partial charge in [0, 0.05) is 13.2 Å². The summed E-state index contributed by atoms with van der Waals surface area (Å²) in [5, 5.41) is 2.86. The number of nitrogens with two attached hydrogens (primary N) is 1. The molecule has 102 valence electrons. The Hall–Kier alpha value is -0.610. The molecule has 0 spiro atoms. The van der Waals surface area contributed by atoms with E-state index in [1.54, 1.807) is 0 Å². The van der Waals surface area contributed by atoms with E-state index in [0.717, 1.165) is 19.4 Å². The Morgan fingerprint density at radius 3 is 2.35 bits per heavy atom. The number of ether oxygens (including phenoxy) is 1. The minimum atomic E-state index is -0.450. The van der Waals surface area contributed by atoms with Crippen molar-refractivity contribution in [1.82, 2.24) is 5.32 Å². The number of carbonyl (C=O) groups is 1. The highest BCUT2D eigenvalue weighted by molar-refractivity contribution is 5.82. The molecule has 0 aromatic heterocycles. The van der Waals surface area contributed by atoms with Crippen molar-refractivity contribution in [2.45, 2.75) is 59.6 Å². The Kier molecular flexibility index (Phi) is 7.39. The summed E-state index contributed by atoms with van der Waals surface area (Å²) in [5.74, 6) is -0.0673. The third-order valence-electron chi connectivity index (χ3n) is 2.54.